The minimum Gasteiger partial charge on any atom is -0.496 e. The molecule has 3 heterocycles. The summed E-state index contributed by atoms with van der Waals surface area (Å²) in [6, 6.07) is 9.44. The number of hydrogen-bond acceptors (Lipinski definition) is 7. The molecule has 24 heavy (non-hydrogen) atoms. The lowest BCUT2D eigenvalue weighted by atomic mass is 10.1. The molecular formula is C17H17N5O2. The standard InChI is InChI=1S/C17H17N5O2/c1-23-14-6-3-2-5-13(14)16-21-20-15(24-16)12-7-10-22(11-12)17-18-8-4-9-19-17/h2-6,8-9,12H,7,10-11H2,1H3. The summed E-state index contributed by atoms with van der Waals surface area (Å²) in [5, 5.41) is 8.43. The highest BCUT2D eigenvalue weighted by Gasteiger charge is 2.30. The zero-order valence-corrected chi connectivity index (χ0v) is 13.3. The average Bonchev–Trinajstić information content (AvgIpc) is 3.32. The van der Waals surface area contributed by atoms with E-state index < -0.39 is 0 Å². The third kappa shape index (κ3) is 2.68. The van der Waals surface area contributed by atoms with Crippen LogP contribution < -0.4 is 9.64 Å². The van der Waals surface area contributed by atoms with Crippen LogP contribution in [0.15, 0.2) is 47.1 Å². The van der Waals surface area contributed by atoms with E-state index in [9.17, 15) is 0 Å². The Balaban J connectivity index is 1.54. The molecule has 1 fully saturated rings. The summed E-state index contributed by atoms with van der Waals surface area (Å²) in [6.45, 7) is 1.65. The zero-order valence-electron chi connectivity index (χ0n) is 13.3. The summed E-state index contributed by atoms with van der Waals surface area (Å²) in [4.78, 5) is 10.7. The first kappa shape index (κ1) is 14.6. The van der Waals surface area contributed by atoms with Crippen LogP contribution in [0, 0.1) is 0 Å². The summed E-state index contributed by atoms with van der Waals surface area (Å²) >= 11 is 0. The van der Waals surface area contributed by atoms with Gasteiger partial charge in [0.1, 0.15) is 5.75 Å². The maximum atomic E-state index is 5.91. The molecule has 1 aliphatic rings. The molecule has 4 rings (SSSR count). The van der Waals surface area contributed by atoms with Crippen LogP contribution in [0.25, 0.3) is 11.5 Å². The molecule has 1 saturated heterocycles. The molecule has 0 amide bonds. The van der Waals surface area contributed by atoms with Crippen LogP contribution in [-0.4, -0.2) is 40.4 Å². The van der Waals surface area contributed by atoms with E-state index in [4.69, 9.17) is 9.15 Å². The molecule has 122 valence electrons. The molecular weight excluding hydrogens is 306 g/mol. The van der Waals surface area contributed by atoms with Crippen LogP contribution >= 0.6 is 0 Å². The fourth-order valence-corrected chi connectivity index (χ4v) is 2.93. The first-order valence-electron chi connectivity index (χ1n) is 7.84. The number of benzene rings is 1. The molecule has 0 saturated carbocycles. The topological polar surface area (TPSA) is 77.2 Å². The lowest BCUT2D eigenvalue weighted by Gasteiger charge is -2.14. The van der Waals surface area contributed by atoms with Crippen LogP contribution in [-0.2, 0) is 0 Å². The fourth-order valence-electron chi connectivity index (χ4n) is 2.93. The highest BCUT2D eigenvalue weighted by Crippen LogP contribution is 2.32. The van der Waals surface area contributed by atoms with Crippen molar-refractivity contribution in [1.82, 2.24) is 20.2 Å². The van der Waals surface area contributed by atoms with E-state index in [1.165, 1.54) is 0 Å². The van der Waals surface area contributed by atoms with Crippen molar-refractivity contribution in [1.29, 1.82) is 0 Å². The Morgan fingerprint density at radius 3 is 2.79 bits per heavy atom. The number of para-hydroxylation sites is 1. The molecule has 1 aromatic carbocycles. The summed E-state index contributed by atoms with van der Waals surface area (Å²) in [5.74, 6) is 2.78. The number of rotatable bonds is 4. The van der Waals surface area contributed by atoms with Crippen LogP contribution in [0.3, 0.4) is 0 Å². The van der Waals surface area contributed by atoms with E-state index in [1.54, 1.807) is 19.5 Å². The Kier molecular flexibility index (Phi) is 3.82. The van der Waals surface area contributed by atoms with Crippen molar-refractivity contribution >= 4 is 5.95 Å². The van der Waals surface area contributed by atoms with Gasteiger partial charge in [-0.05, 0) is 24.6 Å². The first-order chi connectivity index (χ1) is 11.8. The van der Waals surface area contributed by atoms with Crippen molar-refractivity contribution in [3.05, 3.63) is 48.6 Å². The quantitative estimate of drug-likeness (QED) is 0.730. The third-order valence-electron chi connectivity index (χ3n) is 4.15. The first-order valence-corrected chi connectivity index (χ1v) is 7.84. The summed E-state index contributed by atoms with van der Waals surface area (Å²) in [7, 11) is 1.63. The van der Waals surface area contributed by atoms with E-state index in [1.807, 2.05) is 30.3 Å². The van der Waals surface area contributed by atoms with Gasteiger partial charge in [-0.15, -0.1) is 10.2 Å². The minimum absolute atomic E-state index is 0.185. The predicted molar refractivity (Wildman–Crippen MR) is 87.9 cm³/mol. The molecule has 1 atom stereocenters. The maximum Gasteiger partial charge on any atom is 0.251 e. The van der Waals surface area contributed by atoms with Crippen molar-refractivity contribution in [3.63, 3.8) is 0 Å². The van der Waals surface area contributed by atoms with Gasteiger partial charge in [0.25, 0.3) is 5.89 Å². The molecule has 7 heteroatoms. The monoisotopic (exact) mass is 323 g/mol. The van der Waals surface area contributed by atoms with Crippen molar-refractivity contribution in [2.75, 3.05) is 25.1 Å². The van der Waals surface area contributed by atoms with Gasteiger partial charge in [0.15, 0.2) is 0 Å². The van der Waals surface area contributed by atoms with Crippen LogP contribution in [0.1, 0.15) is 18.2 Å². The molecule has 1 unspecified atom stereocenters. The average molecular weight is 323 g/mol. The second-order valence-electron chi connectivity index (χ2n) is 5.63. The van der Waals surface area contributed by atoms with Gasteiger partial charge in [-0.25, -0.2) is 9.97 Å². The van der Waals surface area contributed by atoms with Gasteiger partial charge in [0.05, 0.1) is 18.6 Å². The summed E-state index contributed by atoms with van der Waals surface area (Å²) in [6.07, 6.45) is 4.44. The molecule has 1 aliphatic heterocycles. The molecule has 0 aliphatic carbocycles. The second kappa shape index (κ2) is 6.27. The SMILES string of the molecule is COc1ccccc1-c1nnc(C2CCN(c3ncccn3)C2)o1. The number of aromatic nitrogens is 4. The number of hydrogen-bond donors (Lipinski definition) is 0. The van der Waals surface area contributed by atoms with Crippen LogP contribution in [0.5, 0.6) is 5.75 Å². The van der Waals surface area contributed by atoms with Crippen molar-refractivity contribution in [2.45, 2.75) is 12.3 Å². The van der Waals surface area contributed by atoms with Crippen molar-refractivity contribution in [3.8, 4) is 17.2 Å². The van der Waals surface area contributed by atoms with E-state index in [0.717, 1.165) is 36.8 Å². The van der Waals surface area contributed by atoms with Gasteiger partial charge in [0.2, 0.25) is 11.8 Å². The van der Waals surface area contributed by atoms with Gasteiger partial charge in [-0.1, -0.05) is 12.1 Å². The lowest BCUT2D eigenvalue weighted by Crippen LogP contribution is -2.21. The molecule has 7 nitrogen and oxygen atoms in total. The van der Waals surface area contributed by atoms with E-state index >= 15 is 0 Å². The highest BCUT2D eigenvalue weighted by molar-refractivity contribution is 5.62. The molecule has 0 bridgehead atoms. The van der Waals surface area contributed by atoms with Gasteiger partial charge in [-0.2, -0.15) is 0 Å². The fraction of sp³-hybridized carbons (Fsp3) is 0.294. The van der Waals surface area contributed by atoms with Gasteiger partial charge < -0.3 is 14.1 Å². The molecule has 0 radical (unpaired) electrons. The lowest BCUT2D eigenvalue weighted by molar-refractivity contribution is 0.412. The third-order valence-corrected chi connectivity index (χ3v) is 4.15. The summed E-state index contributed by atoms with van der Waals surface area (Å²) in [5.41, 5.74) is 0.806. The van der Waals surface area contributed by atoms with Crippen molar-refractivity contribution < 1.29 is 9.15 Å². The number of ether oxygens (including phenoxy) is 1. The molecule has 3 aromatic rings. The Morgan fingerprint density at radius 1 is 1.12 bits per heavy atom. The number of nitrogens with zero attached hydrogens (tertiary/aromatic N) is 5. The Labute approximate surface area is 139 Å². The Morgan fingerprint density at radius 2 is 1.96 bits per heavy atom. The van der Waals surface area contributed by atoms with Crippen LogP contribution in [0.2, 0.25) is 0 Å². The largest absolute Gasteiger partial charge is 0.496 e. The Hall–Kier alpha value is -2.96. The molecule has 2 aromatic heterocycles. The highest BCUT2D eigenvalue weighted by atomic mass is 16.5. The molecule has 0 spiro atoms. The van der Waals surface area contributed by atoms with Gasteiger partial charge in [0, 0.05) is 25.5 Å². The summed E-state index contributed by atoms with van der Waals surface area (Å²) < 4.78 is 11.3. The normalized spacial score (nSPS) is 17.2. The van der Waals surface area contributed by atoms with E-state index in [2.05, 4.69) is 25.1 Å². The predicted octanol–water partition coefficient (Wildman–Crippen LogP) is 2.53. The number of methoxy groups -OCH3 is 1. The van der Waals surface area contributed by atoms with Crippen LogP contribution in [0.4, 0.5) is 5.95 Å². The van der Waals surface area contributed by atoms with Gasteiger partial charge in [-0.3, -0.25) is 0 Å². The Bertz CT molecular complexity index is 821. The minimum atomic E-state index is 0.185. The van der Waals surface area contributed by atoms with E-state index in [-0.39, 0.29) is 5.92 Å². The number of anilines is 1. The maximum absolute atomic E-state index is 5.91. The zero-order chi connectivity index (χ0) is 16.4. The molecule has 0 N–H and O–H groups in total. The second-order valence-corrected chi connectivity index (χ2v) is 5.63. The smallest absolute Gasteiger partial charge is 0.251 e. The van der Waals surface area contributed by atoms with Crippen molar-refractivity contribution in [2.24, 2.45) is 0 Å². The van der Waals surface area contributed by atoms with E-state index in [0.29, 0.717) is 11.8 Å². The van der Waals surface area contributed by atoms with Gasteiger partial charge >= 0.3 is 0 Å².